The number of carbonyl (C=O) groups is 1. The zero-order valence-corrected chi connectivity index (χ0v) is 11.9. The van der Waals surface area contributed by atoms with Crippen LogP contribution in [0.15, 0.2) is 18.2 Å². The van der Waals surface area contributed by atoms with E-state index in [-0.39, 0.29) is 11.6 Å². The molecule has 5 nitrogen and oxygen atoms in total. The van der Waals surface area contributed by atoms with Gasteiger partial charge in [-0.05, 0) is 51.1 Å². The minimum absolute atomic E-state index is 0.188. The number of anilines is 2. The van der Waals surface area contributed by atoms with Crippen LogP contribution in [0.5, 0.6) is 0 Å². The lowest BCUT2D eigenvalue weighted by atomic mass is 10.1. The molecule has 1 aromatic rings. The van der Waals surface area contributed by atoms with Gasteiger partial charge in [0.1, 0.15) is 0 Å². The van der Waals surface area contributed by atoms with E-state index in [0.29, 0.717) is 11.4 Å². The number of rotatable bonds is 5. The molecule has 0 spiro atoms. The fourth-order valence-corrected chi connectivity index (χ4v) is 2.71. The number of aromatic carboxylic acids is 1. The Bertz CT molecular complexity index is 470. The smallest absolute Gasteiger partial charge is 0.337 e. The van der Waals surface area contributed by atoms with Crippen LogP contribution in [0.1, 0.15) is 36.5 Å². The van der Waals surface area contributed by atoms with Gasteiger partial charge >= 0.3 is 5.97 Å². The summed E-state index contributed by atoms with van der Waals surface area (Å²) in [5.41, 5.74) is 7.18. The summed E-state index contributed by atoms with van der Waals surface area (Å²) in [7, 11) is 0. The molecule has 0 saturated carbocycles. The molecule has 0 amide bonds. The number of carboxylic acid groups (broad SMARTS) is 1. The highest BCUT2D eigenvalue weighted by Gasteiger charge is 2.16. The first-order valence-corrected chi connectivity index (χ1v) is 7.18. The van der Waals surface area contributed by atoms with Crippen LogP contribution >= 0.6 is 0 Å². The SMILES string of the molecule is CC(CN1CCCCC1)Nc1cc(N)ccc1C(=O)O. The van der Waals surface area contributed by atoms with Crippen molar-refractivity contribution in [1.29, 1.82) is 0 Å². The predicted octanol–water partition coefficient (Wildman–Crippen LogP) is 2.25. The topological polar surface area (TPSA) is 78.6 Å². The average Bonchev–Trinajstić information content (AvgIpc) is 2.39. The molecule has 5 heteroatoms. The van der Waals surface area contributed by atoms with Crippen molar-refractivity contribution in [2.24, 2.45) is 0 Å². The predicted molar refractivity (Wildman–Crippen MR) is 81.2 cm³/mol. The zero-order valence-electron chi connectivity index (χ0n) is 11.9. The Morgan fingerprint density at radius 1 is 1.40 bits per heavy atom. The molecule has 2 rings (SSSR count). The normalized spacial score (nSPS) is 17.6. The number of hydrogen-bond donors (Lipinski definition) is 3. The summed E-state index contributed by atoms with van der Waals surface area (Å²) in [5, 5.41) is 12.5. The van der Waals surface area contributed by atoms with Gasteiger partial charge in [-0.15, -0.1) is 0 Å². The molecule has 20 heavy (non-hydrogen) atoms. The summed E-state index contributed by atoms with van der Waals surface area (Å²) in [6.45, 7) is 5.26. The van der Waals surface area contributed by atoms with Crippen LogP contribution in [0.25, 0.3) is 0 Å². The molecule has 110 valence electrons. The standard InChI is InChI=1S/C15H23N3O2/c1-11(10-18-7-3-2-4-8-18)17-14-9-12(16)5-6-13(14)15(19)20/h5-6,9,11,17H,2-4,7-8,10,16H2,1H3,(H,19,20). The molecule has 1 fully saturated rings. The number of piperidine rings is 1. The first-order valence-electron chi connectivity index (χ1n) is 7.18. The Hall–Kier alpha value is -1.75. The summed E-state index contributed by atoms with van der Waals surface area (Å²) in [6, 6.07) is 5.04. The average molecular weight is 277 g/mol. The number of nitrogens with one attached hydrogen (secondary N) is 1. The molecule has 0 aromatic heterocycles. The molecular weight excluding hydrogens is 254 g/mol. The largest absolute Gasteiger partial charge is 0.478 e. The third kappa shape index (κ3) is 3.87. The second kappa shape index (κ2) is 6.61. The van der Waals surface area contributed by atoms with E-state index in [9.17, 15) is 9.90 Å². The van der Waals surface area contributed by atoms with Crippen molar-refractivity contribution in [1.82, 2.24) is 4.90 Å². The number of hydrogen-bond acceptors (Lipinski definition) is 4. The third-order valence-electron chi connectivity index (χ3n) is 3.66. The van der Waals surface area contributed by atoms with Crippen LogP contribution in [0.3, 0.4) is 0 Å². The van der Waals surface area contributed by atoms with E-state index in [1.165, 1.54) is 19.3 Å². The van der Waals surface area contributed by atoms with Crippen LogP contribution in [-0.4, -0.2) is 41.7 Å². The highest BCUT2D eigenvalue weighted by Crippen LogP contribution is 2.20. The van der Waals surface area contributed by atoms with E-state index in [1.807, 2.05) is 0 Å². The van der Waals surface area contributed by atoms with Gasteiger partial charge < -0.3 is 21.1 Å². The number of nitrogen functional groups attached to an aromatic ring is 1. The fraction of sp³-hybridized carbons (Fsp3) is 0.533. The van der Waals surface area contributed by atoms with Crippen molar-refractivity contribution in [2.45, 2.75) is 32.2 Å². The van der Waals surface area contributed by atoms with Gasteiger partial charge in [0.2, 0.25) is 0 Å². The monoisotopic (exact) mass is 277 g/mol. The van der Waals surface area contributed by atoms with E-state index >= 15 is 0 Å². The number of nitrogens with zero attached hydrogens (tertiary/aromatic N) is 1. The molecule has 1 heterocycles. The van der Waals surface area contributed by atoms with Crippen molar-refractivity contribution in [3.8, 4) is 0 Å². The Balaban J connectivity index is 2.00. The van der Waals surface area contributed by atoms with E-state index in [1.54, 1.807) is 18.2 Å². The van der Waals surface area contributed by atoms with Gasteiger partial charge in [0.05, 0.1) is 11.3 Å². The minimum atomic E-state index is -0.933. The van der Waals surface area contributed by atoms with E-state index in [0.717, 1.165) is 19.6 Å². The van der Waals surface area contributed by atoms with E-state index < -0.39 is 5.97 Å². The second-order valence-electron chi connectivity index (χ2n) is 5.52. The molecule has 1 atom stereocenters. The van der Waals surface area contributed by atoms with Crippen molar-refractivity contribution in [3.63, 3.8) is 0 Å². The van der Waals surface area contributed by atoms with E-state index in [4.69, 9.17) is 5.73 Å². The van der Waals surface area contributed by atoms with Gasteiger partial charge in [0.25, 0.3) is 0 Å². The number of carboxylic acids is 1. The Kier molecular flexibility index (Phi) is 4.84. The van der Waals surface area contributed by atoms with E-state index in [2.05, 4.69) is 17.1 Å². The fourth-order valence-electron chi connectivity index (χ4n) is 2.71. The summed E-state index contributed by atoms with van der Waals surface area (Å²) < 4.78 is 0. The van der Waals surface area contributed by atoms with Crippen LogP contribution in [0.4, 0.5) is 11.4 Å². The summed E-state index contributed by atoms with van der Waals surface area (Å²) in [5.74, 6) is -0.933. The van der Waals surface area contributed by atoms with Gasteiger partial charge in [-0.2, -0.15) is 0 Å². The molecule has 1 unspecified atom stereocenters. The molecule has 1 aliphatic heterocycles. The van der Waals surface area contributed by atoms with Crippen molar-refractivity contribution >= 4 is 17.3 Å². The zero-order chi connectivity index (χ0) is 14.5. The van der Waals surface area contributed by atoms with Crippen LogP contribution in [0.2, 0.25) is 0 Å². The second-order valence-corrected chi connectivity index (χ2v) is 5.52. The van der Waals surface area contributed by atoms with Crippen molar-refractivity contribution in [2.75, 3.05) is 30.7 Å². The molecule has 0 bridgehead atoms. The van der Waals surface area contributed by atoms with Crippen LogP contribution < -0.4 is 11.1 Å². The Morgan fingerprint density at radius 3 is 2.75 bits per heavy atom. The molecule has 4 N–H and O–H groups in total. The summed E-state index contributed by atoms with van der Waals surface area (Å²) in [6.07, 6.45) is 3.83. The summed E-state index contributed by atoms with van der Waals surface area (Å²) >= 11 is 0. The lowest BCUT2D eigenvalue weighted by Crippen LogP contribution is -2.38. The van der Waals surface area contributed by atoms with Gasteiger partial charge in [0.15, 0.2) is 0 Å². The van der Waals surface area contributed by atoms with Gasteiger partial charge in [-0.3, -0.25) is 0 Å². The first-order chi connectivity index (χ1) is 9.56. The molecule has 0 aliphatic carbocycles. The molecular formula is C15H23N3O2. The third-order valence-corrected chi connectivity index (χ3v) is 3.66. The van der Waals surface area contributed by atoms with Gasteiger partial charge in [0, 0.05) is 18.3 Å². The number of nitrogens with two attached hydrogens (primary N) is 1. The molecule has 0 radical (unpaired) electrons. The summed E-state index contributed by atoms with van der Waals surface area (Å²) in [4.78, 5) is 13.6. The lowest BCUT2D eigenvalue weighted by Gasteiger charge is -2.30. The maximum atomic E-state index is 11.2. The molecule has 1 saturated heterocycles. The highest BCUT2D eigenvalue weighted by atomic mass is 16.4. The van der Waals surface area contributed by atoms with Gasteiger partial charge in [-0.25, -0.2) is 4.79 Å². The Labute approximate surface area is 119 Å². The van der Waals surface area contributed by atoms with Gasteiger partial charge in [-0.1, -0.05) is 6.42 Å². The lowest BCUT2D eigenvalue weighted by molar-refractivity contribution is 0.0698. The first kappa shape index (κ1) is 14.7. The molecule has 1 aliphatic rings. The quantitative estimate of drug-likeness (QED) is 0.719. The Morgan fingerprint density at radius 2 is 2.10 bits per heavy atom. The minimum Gasteiger partial charge on any atom is -0.478 e. The van der Waals surface area contributed by atoms with Crippen LogP contribution in [0, 0.1) is 0 Å². The highest BCUT2D eigenvalue weighted by molar-refractivity contribution is 5.95. The maximum absolute atomic E-state index is 11.2. The number of benzene rings is 1. The number of likely N-dealkylation sites (tertiary alicyclic amines) is 1. The van der Waals surface area contributed by atoms with Crippen molar-refractivity contribution in [3.05, 3.63) is 23.8 Å². The maximum Gasteiger partial charge on any atom is 0.337 e. The van der Waals surface area contributed by atoms with Crippen molar-refractivity contribution < 1.29 is 9.90 Å². The van der Waals surface area contributed by atoms with Crippen LogP contribution in [-0.2, 0) is 0 Å². The molecule has 1 aromatic carbocycles.